The zero-order valence-electron chi connectivity index (χ0n) is 20.7. The second-order valence-corrected chi connectivity index (χ2v) is 8.75. The number of carboxylic acid groups (broad SMARTS) is 2. The van der Waals surface area contributed by atoms with Crippen LogP contribution in [-0.4, -0.2) is 82.3 Å². The monoisotopic (exact) mass is 553 g/mol. The van der Waals surface area contributed by atoms with Crippen LogP contribution in [-0.2, 0) is 30.4 Å². The summed E-state index contributed by atoms with van der Waals surface area (Å²) in [6.07, 6.45) is -0.518. The van der Waals surface area contributed by atoms with Crippen molar-refractivity contribution in [2.75, 3.05) is 12.3 Å². The van der Waals surface area contributed by atoms with E-state index in [-0.39, 0.29) is 43.9 Å². The van der Waals surface area contributed by atoms with E-state index in [4.69, 9.17) is 22.3 Å². The normalized spacial score (nSPS) is 13.7. The zero-order chi connectivity index (χ0) is 28.7. The number of amides is 3. The summed E-state index contributed by atoms with van der Waals surface area (Å²) < 4.78 is 0. The third kappa shape index (κ3) is 12.4. The van der Waals surface area contributed by atoms with Crippen LogP contribution in [0.5, 0.6) is 0 Å². The predicted molar refractivity (Wildman–Crippen MR) is 142 cm³/mol. The number of hydrogen-bond donors (Lipinski definition) is 9. The number of carbonyl (C=O) groups excluding carboxylic acids is 3. The van der Waals surface area contributed by atoms with Gasteiger partial charge >= 0.3 is 11.9 Å². The van der Waals surface area contributed by atoms with Crippen LogP contribution in [0.1, 0.15) is 31.2 Å². The average molecular weight is 554 g/mol. The predicted octanol–water partition coefficient (Wildman–Crippen LogP) is -2.06. The molecule has 4 atom stereocenters. The van der Waals surface area contributed by atoms with Crippen molar-refractivity contribution in [3.8, 4) is 0 Å². The minimum Gasteiger partial charge on any atom is -0.481 e. The fraction of sp³-hybridized carbons (Fsp3) is 0.478. The molecule has 0 saturated carbocycles. The number of aliphatic imine (C=N–C) groups is 1. The van der Waals surface area contributed by atoms with Crippen molar-refractivity contribution >= 4 is 48.2 Å². The van der Waals surface area contributed by atoms with Crippen molar-refractivity contribution in [1.82, 2.24) is 16.0 Å². The molecular weight excluding hydrogens is 518 g/mol. The van der Waals surface area contributed by atoms with Crippen LogP contribution < -0.4 is 33.2 Å². The fourth-order valence-corrected chi connectivity index (χ4v) is 3.43. The summed E-state index contributed by atoms with van der Waals surface area (Å²) in [5, 5.41) is 25.6. The zero-order valence-corrected chi connectivity index (χ0v) is 21.6. The van der Waals surface area contributed by atoms with Crippen molar-refractivity contribution in [3.05, 3.63) is 35.9 Å². The van der Waals surface area contributed by atoms with Gasteiger partial charge < -0.3 is 43.4 Å². The van der Waals surface area contributed by atoms with Crippen LogP contribution in [0, 0.1) is 0 Å². The van der Waals surface area contributed by atoms with Crippen LogP contribution in [0.15, 0.2) is 35.3 Å². The summed E-state index contributed by atoms with van der Waals surface area (Å²) in [6, 6.07) is 3.98. The molecule has 0 spiro atoms. The third-order valence-corrected chi connectivity index (χ3v) is 5.68. The number of guanidine groups is 1. The van der Waals surface area contributed by atoms with Gasteiger partial charge in [-0.3, -0.25) is 24.2 Å². The first-order valence-electron chi connectivity index (χ1n) is 11.8. The summed E-state index contributed by atoms with van der Waals surface area (Å²) >= 11 is 4.00. The molecule has 0 bridgehead atoms. The number of carbonyl (C=O) groups is 5. The first kappa shape index (κ1) is 32.2. The molecule has 11 N–H and O–H groups in total. The summed E-state index contributed by atoms with van der Waals surface area (Å²) in [5.41, 5.74) is 17.1. The molecule has 210 valence electrons. The number of nitrogens with two attached hydrogens (primary N) is 3. The smallest absolute Gasteiger partial charge is 0.326 e. The SMILES string of the molecule is NC(N)=NCCCC(NC(=O)C(Cc1ccccc1)NC(=O)C(N)CS)C(=O)NC(CCC(=O)O)C(=O)O. The number of aliphatic carboxylic acids is 2. The number of nitrogens with zero attached hydrogens (tertiary/aromatic N) is 1. The Bertz CT molecular complexity index is 990. The number of hydrogen-bond acceptors (Lipinski definition) is 8. The summed E-state index contributed by atoms with van der Waals surface area (Å²) in [5.74, 6) is -4.98. The van der Waals surface area contributed by atoms with Gasteiger partial charge in [-0.2, -0.15) is 12.6 Å². The van der Waals surface area contributed by atoms with E-state index in [0.29, 0.717) is 0 Å². The summed E-state index contributed by atoms with van der Waals surface area (Å²) in [7, 11) is 0. The molecular formula is C23H35N7O7S. The minimum absolute atomic E-state index is 0.0157. The lowest BCUT2D eigenvalue weighted by Crippen LogP contribution is -2.57. The molecule has 0 aliphatic carbocycles. The van der Waals surface area contributed by atoms with E-state index in [9.17, 15) is 29.1 Å². The highest BCUT2D eigenvalue weighted by atomic mass is 32.1. The van der Waals surface area contributed by atoms with Gasteiger partial charge in [-0.25, -0.2) is 4.79 Å². The molecule has 0 radical (unpaired) electrons. The largest absolute Gasteiger partial charge is 0.481 e. The van der Waals surface area contributed by atoms with E-state index in [2.05, 4.69) is 33.6 Å². The molecule has 0 aliphatic heterocycles. The molecule has 3 amide bonds. The Morgan fingerprint density at radius 1 is 0.868 bits per heavy atom. The Balaban J connectivity index is 3.12. The van der Waals surface area contributed by atoms with E-state index < -0.39 is 60.2 Å². The van der Waals surface area contributed by atoms with E-state index in [1.807, 2.05) is 0 Å². The lowest BCUT2D eigenvalue weighted by Gasteiger charge is -2.25. The molecule has 0 fully saturated rings. The summed E-state index contributed by atoms with van der Waals surface area (Å²) in [4.78, 5) is 64.9. The maximum Gasteiger partial charge on any atom is 0.326 e. The lowest BCUT2D eigenvalue weighted by atomic mass is 10.0. The Hall–Kier alpha value is -3.85. The van der Waals surface area contributed by atoms with Crippen LogP contribution in [0.3, 0.4) is 0 Å². The van der Waals surface area contributed by atoms with E-state index in [0.717, 1.165) is 5.56 Å². The molecule has 4 unspecified atom stereocenters. The van der Waals surface area contributed by atoms with Crippen molar-refractivity contribution in [3.63, 3.8) is 0 Å². The first-order chi connectivity index (χ1) is 17.9. The molecule has 1 aromatic carbocycles. The van der Waals surface area contributed by atoms with Gasteiger partial charge in [0.25, 0.3) is 0 Å². The molecule has 1 rings (SSSR count). The van der Waals surface area contributed by atoms with Gasteiger partial charge in [0.05, 0.1) is 6.04 Å². The van der Waals surface area contributed by atoms with Gasteiger partial charge in [0, 0.05) is 25.1 Å². The van der Waals surface area contributed by atoms with Gasteiger partial charge in [-0.1, -0.05) is 30.3 Å². The number of benzene rings is 1. The van der Waals surface area contributed by atoms with Crippen LogP contribution in [0.25, 0.3) is 0 Å². The topological polar surface area (TPSA) is 252 Å². The average Bonchev–Trinajstić information content (AvgIpc) is 2.87. The Kier molecular flexibility index (Phi) is 14.2. The van der Waals surface area contributed by atoms with Crippen molar-refractivity contribution in [2.45, 2.75) is 56.3 Å². The molecule has 14 nitrogen and oxygen atoms in total. The lowest BCUT2D eigenvalue weighted by molar-refractivity contribution is -0.143. The Morgan fingerprint density at radius 2 is 1.45 bits per heavy atom. The second-order valence-electron chi connectivity index (χ2n) is 8.38. The van der Waals surface area contributed by atoms with Crippen molar-refractivity contribution in [1.29, 1.82) is 0 Å². The standard InChI is InChI=1S/C23H35N7O7S/c24-14(12-38)19(33)30-17(11-13-5-2-1-3-6-13)21(35)28-15(7-4-10-27-23(25)26)20(34)29-16(22(36)37)8-9-18(31)32/h1-3,5-6,14-17,38H,4,7-12,24H2,(H,28,35)(H,29,34)(H,30,33)(H,31,32)(H,36,37)(H4,25,26,27). The molecule has 0 aliphatic rings. The van der Waals surface area contributed by atoms with E-state index >= 15 is 0 Å². The second kappa shape index (κ2) is 16.8. The minimum atomic E-state index is -1.50. The van der Waals surface area contributed by atoms with Gasteiger partial charge in [0.1, 0.15) is 18.1 Å². The molecule has 15 heteroatoms. The van der Waals surface area contributed by atoms with E-state index in [1.54, 1.807) is 30.3 Å². The number of carboxylic acids is 2. The van der Waals surface area contributed by atoms with Crippen LogP contribution in [0.4, 0.5) is 0 Å². The van der Waals surface area contributed by atoms with Gasteiger partial charge in [-0.05, 0) is 24.8 Å². The number of nitrogens with one attached hydrogen (secondary N) is 3. The highest BCUT2D eigenvalue weighted by Crippen LogP contribution is 2.07. The van der Waals surface area contributed by atoms with E-state index in [1.165, 1.54) is 0 Å². The third-order valence-electron chi connectivity index (χ3n) is 5.29. The van der Waals surface area contributed by atoms with Gasteiger partial charge in [0.15, 0.2) is 5.96 Å². The quantitative estimate of drug-likeness (QED) is 0.0441. The Morgan fingerprint density at radius 3 is 2.00 bits per heavy atom. The molecule has 0 saturated heterocycles. The number of rotatable bonds is 17. The maximum absolute atomic E-state index is 13.3. The fourth-order valence-electron chi connectivity index (χ4n) is 3.26. The maximum atomic E-state index is 13.3. The molecule has 0 heterocycles. The van der Waals surface area contributed by atoms with Gasteiger partial charge in [0.2, 0.25) is 17.7 Å². The van der Waals surface area contributed by atoms with Gasteiger partial charge in [-0.15, -0.1) is 0 Å². The number of thiol groups is 1. The highest BCUT2D eigenvalue weighted by molar-refractivity contribution is 7.80. The Labute approximate surface area is 225 Å². The van der Waals surface area contributed by atoms with Crippen molar-refractivity contribution in [2.24, 2.45) is 22.2 Å². The van der Waals surface area contributed by atoms with Crippen molar-refractivity contribution < 1.29 is 34.2 Å². The van der Waals surface area contributed by atoms with Crippen LogP contribution >= 0.6 is 12.6 Å². The molecule has 0 aromatic heterocycles. The van der Waals surface area contributed by atoms with Crippen LogP contribution in [0.2, 0.25) is 0 Å². The highest BCUT2D eigenvalue weighted by Gasteiger charge is 2.30. The first-order valence-corrected chi connectivity index (χ1v) is 12.4. The molecule has 1 aromatic rings. The summed E-state index contributed by atoms with van der Waals surface area (Å²) in [6.45, 7) is 0.129. The molecule has 38 heavy (non-hydrogen) atoms.